The molecule has 160 valence electrons. The monoisotopic (exact) mass is 415 g/mol. The highest BCUT2D eigenvalue weighted by Gasteiger charge is 2.40. The van der Waals surface area contributed by atoms with Gasteiger partial charge in [0.1, 0.15) is 5.39 Å². The van der Waals surface area contributed by atoms with E-state index < -0.39 is 23.2 Å². The Kier molecular flexibility index (Phi) is 4.50. The van der Waals surface area contributed by atoms with Crippen molar-refractivity contribution >= 4 is 16.6 Å². The molecule has 2 N–H and O–H groups in total. The Labute approximate surface area is 172 Å². The number of nitrogens with zero attached hydrogens (tertiary/aromatic N) is 2. The number of aliphatic hydroxyl groups is 1. The second kappa shape index (κ2) is 6.97. The highest BCUT2D eigenvalue weighted by atomic mass is 19.1. The normalized spacial score (nSPS) is 26.1. The number of aromatic nitrogens is 2. The van der Waals surface area contributed by atoms with E-state index in [2.05, 4.69) is 17.1 Å². The van der Waals surface area contributed by atoms with Gasteiger partial charge < -0.3 is 14.7 Å². The Balaban J connectivity index is 1.75. The maximum atomic E-state index is 15.7. The lowest BCUT2D eigenvalue weighted by Crippen LogP contribution is -2.32. The predicted octanol–water partition coefficient (Wildman–Crippen LogP) is 2.24. The molecule has 2 aromatic rings. The van der Waals surface area contributed by atoms with E-state index in [4.69, 9.17) is 4.74 Å². The van der Waals surface area contributed by atoms with E-state index in [1.165, 1.54) is 7.11 Å². The van der Waals surface area contributed by atoms with Gasteiger partial charge in [-0.3, -0.25) is 14.3 Å². The molecule has 1 aromatic carbocycles. The molecule has 1 aromatic heterocycles. The number of fused-ring (bicyclic) bond motifs is 2. The van der Waals surface area contributed by atoms with Crippen LogP contribution < -0.4 is 20.9 Å². The van der Waals surface area contributed by atoms with Crippen molar-refractivity contribution in [3.8, 4) is 5.75 Å². The number of nitrogens with one attached hydrogen (secondary N) is 1. The van der Waals surface area contributed by atoms with Crippen molar-refractivity contribution in [3.63, 3.8) is 0 Å². The molecule has 1 saturated heterocycles. The fraction of sp³-hybridized carbons (Fsp3) is 0.545. The highest BCUT2D eigenvalue weighted by Crippen LogP contribution is 2.44. The van der Waals surface area contributed by atoms with Gasteiger partial charge in [-0.2, -0.15) is 0 Å². The van der Waals surface area contributed by atoms with E-state index in [1.807, 2.05) is 4.90 Å². The lowest BCUT2D eigenvalue weighted by atomic mass is 9.91. The van der Waals surface area contributed by atoms with E-state index >= 15 is 4.39 Å². The molecule has 3 unspecified atom stereocenters. The fourth-order valence-corrected chi connectivity index (χ4v) is 5.27. The van der Waals surface area contributed by atoms with Crippen LogP contribution in [0.3, 0.4) is 0 Å². The van der Waals surface area contributed by atoms with E-state index in [0.29, 0.717) is 36.3 Å². The first-order valence-corrected chi connectivity index (χ1v) is 10.6. The zero-order valence-electron chi connectivity index (χ0n) is 17.2. The van der Waals surface area contributed by atoms with Crippen LogP contribution in [-0.4, -0.2) is 41.0 Å². The summed E-state index contributed by atoms with van der Waals surface area (Å²) in [6.07, 6.45) is 7.02. The van der Waals surface area contributed by atoms with Gasteiger partial charge in [0.2, 0.25) is 0 Å². The molecular weight excluding hydrogens is 389 g/mol. The number of benzene rings is 1. The molecule has 7 nitrogen and oxygen atoms in total. The van der Waals surface area contributed by atoms with Crippen molar-refractivity contribution in [3.05, 3.63) is 44.4 Å². The first-order valence-electron chi connectivity index (χ1n) is 10.6. The van der Waals surface area contributed by atoms with Gasteiger partial charge in [-0.25, -0.2) is 9.18 Å². The number of aliphatic hydroxyl groups excluding tert-OH is 1. The summed E-state index contributed by atoms with van der Waals surface area (Å²) in [5, 5.41) is 10.6. The summed E-state index contributed by atoms with van der Waals surface area (Å²) in [6, 6.07) is 0.00740. The molecule has 5 rings (SSSR count). The summed E-state index contributed by atoms with van der Waals surface area (Å²) in [7, 11) is 1.34. The van der Waals surface area contributed by atoms with Crippen molar-refractivity contribution in [2.24, 2.45) is 11.8 Å². The number of aromatic amines is 1. The lowest BCUT2D eigenvalue weighted by Gasteiger charge is -2.26. The fourth-order valence-electron chi connectivity index (χ4n) is 5.27. The largest absolute Gasteiger partial charge is 0.493 e. The van der Waals surface area contributed by atoms with Crippen molar-refractivity contribution in [1.82, 2.24) is 9.55 Å². The quantitative estimate of drug-likeness (QED) is 0.751. The van der Waals surface area contributed by atoms with Crippen LogP contribution in [0.4, 0.5) is 10.1 Å². The summed E-state index contributed by atoms with van der Waals surface area (Å²) in [4.78, 5) is 29.5. The van der Waals surface area contributed by atoms with Crippen LogP contribution in [0.5, 0.6) is 5.75 Å². The average molecular weight is 415 g/mol. The number of H-pyrrole nitrogens is 1. The van der Waals surface area contributed by atoms with Gasteiger partial charge in [0, 0.05) is 36.5 Å². The van der Waals surface area contributed by atoms with Crippen LogP contribution in [0.15, 0.2) is 21.7 Å². The van der Waals surface area contributed by atoms with Crippen molar-refractivity contribution < 1.29 is 14.2 Å². The van der Waals surface area contributed by atoms with Crippen LogP contribution in [0.2, 0.25) is 0 Å². The molecule has 2 aliphatic carbocycles. The van der Waals surface area contributed by atoms with Crippen molar-refractivity contribution in [2.45, 2.75) is 44.8 Å². The zero-order chi connectivity index (χ0) is 21.2. The Bertz CT molecular complexity index is 1160. The topological polar surface area (TPSA) is 87.6 Å². The number of methoxy groups -OCH3 is 1. The minimum atomic E-state index is -0.637. The van der Waals surface area contributed by atoms with Crippen LogP contribution in [-0.2, 0) is 0 Å². The zero-order valence-corrected chi connectivity index (χ0v) is 17.2. The van der Waals surface area contributed by atoms with Crippen molar-refractivity contribution in [2.75, 3.05) is 25.1 Å². The summed E-state index contributed by atoms with van der Waals surface area (Å²) in [5.41, 5.74) is 0.258. The van der Waals surface area contributed by atoms with Gasteiger partial charge in [0.05, 0.1) is 24.4 Å². The van der Waals surface area contributed by atoms with Crippen LogP contribution in [0, 0.1) is 24.6 Å². The number of anilines is 1. The number of hydrogen-bond acceptors (Lipinski definition) is 5. The number of aryl methyl sites for hydroxylation is 1. The molecule has 3 aliphatic rings. The van der Waals surface area contributed by atoms with Crippen LogP contribution >= 0.6 is 0 Å². The van der Waals surface area contributed by atoms with Gasteiger partial charge in [0.15, 0.2) is 11.6 Å². The number of rotatable bonds is 3. The summed E-state index contributed by atoms with van der Waals surface area (Å²) < 4.78 is 22.6. The number of ether oxygens (including phenoxy) is 1. The minimum Gasteiger partial charge on any atom is -0.493 e. The van der Waals surface area contributed by atoms with Crippen molar-refractivity contribution in [1.29, 1.82) is 0 Å². The van der Waals surface area contributed by atoms with Gasteiger partial charge in [-0.05, 0) is 32.6 Å². The SMILES string of the molecule is COc1c(F)c(N2CC3C=CCCC(O)C3C2)c(C)c2c1c(=O)[nH]c(=O)n2C1CC1. The Morgan fingerprint density at radius 1 is 1.23 bits per heavy atom. The minimum absolute atomic E-state index is 0.00740. The molecule has 2 fully saturated rings. The maximum absolute atomic E-state index is 15.7. The highest BCUT2D eigenvalue weighted by molar-refractivity contribution is 5.93. The molecule has 8 heteroatoms. The van der Waals surface area contributed by atoms with Gasteiger partial charge in [-0.1, -0.05) is 12.2 Å². The molecule has 3 atom stereocenters. The smallest absolute Gasteiger partial charge is 0.329 e. The third-order valence-electron chi connectivity index (χ3n) is 6.84. The molecule has 2 heterocycles. The number of allylic oxidation sites excluding steroid dienone is 1. The average Bonchev–Trinajstić information content (AvgIpc) is 3.48. The summed E-state index contributed by atoms with van der Waals surface area (Å²) >= 11 is 0. The number of hydrogen-bond donors (Lipinski definition) is 2. The summed E-state index contributed by atoms with van der Waals surface area (Å²) in [5.74, 6) is -0.574. The standard InChI is InChI=1S/C22H26FN3O4/c1-11-18-16(21(28)24-22(29)26(18)13-7-8-13)20(30-2)17(23)19(11)25-9-12-5-3-4-6-15(27)14(12)10-25/h3,5,12-15,27H,4,6-10H2,1-2H3,(H,24,28,29). The van der Waals surface area contributed by atoms with Gasteiger partial charge in [-0.15, -0.1) is 0 Å². The Morgan fingerprint density at radius 2 is 2.00 bits per heavy atom. The number of halogens is 1. The molecule has 1 aliphatic heterocycles. The molecule has 0 amide bonds. The van der Waals surface area contributed by atoms with E-state index in [1.54, 1.807) is 11.5 Å². The van der Waals surface area contributed by atoms with Crippen LogP contribution in [0.25, 0.3) is 10.9 Å². The second-order valence-electron chi connectivity index (χ2n) is 8.71. The van der Waals surface area contributed by atoms with E-state index in [0.717, 1.165) is 19.3 Å². The molecule has 1 saturated carbocycles. The van der Waals surface area contributed by atoms with Crippen LogP contribution in [0.1, 0.15) is 37.3 Å². The second-order valence-corrected chi connectivity index (χ2v) is 8.71. The Morgan fingerprint density at radius 3 is 2.70 bits per heavy atom. The van der Waals surface area contributed by atoms with Gasteiger partial charge in [0.25, 0.3) is 5.56 Å². The third-order valence-corrected chi connectivity index (χ3v) is 6.84. The van der Waals surface area contributed by atoms with E-state index in [-0.39, 0.29) is 29.0 Å². The first-order chi connectivity index (χ1) is 14.4. The maximum Gasteiger partial charge on any atom is 0.329 e. The molecule has 30 heavy (non-hydrogen) atoms. The summed E-state index contributed by atoms with van der Waals surface area (Å²) in [6.45, 7) is 2.85. The molecular formula is C22H26FN3O4. The Hall–Kier alpha value is -2.61. The first kappa shape index (κ1) is 19.4. The molecule has 0 bridgehead atoms. The van der Waals surface area contributed by atoms with E-state index in [9.17, 15) is 14.7 Å². The molecule has 0 spiro atoms. The molecule has 0 radical (unpaired) electrons. The lowest BCUT2D eigenvalue weighted by molar-refractivity contribution is 0.0997. The predicted molar refractivity (Wildman–Crippen MR) is 112 cm³/mol. The van der Waals surface area contributed by atoms with Gasteiger partial charge >= 0.3 is 5.69 Å². The third kappa shape index (κ3) is 2.80.